The van der Waals surface area contributed by atoms with Gasteiger partial charge in [-0.15, -0.1) is 0 Å². The van der Waals surface area contributed by atoms with Crippen molar-refractivity contribution in [3.63, 3.8) is 0 Å². The second-order valence-electron chi connectivity index (χ2n) is 16.9. The predicted molar refractivity (Wildman–Crippen MR) is 199 cm³/mol. The summed E-state index contributed by atoms with van der Waals surface area (Å²) < 4.78 is 0. The number of nitrogens with one attached hydrogen (secondary N) is 3. The minimum absolute atomic E-state index is 0. The monoisotopic (exact) mass is 1280 g/mol. The largest absolute Gasteiger partial charge is 0.481 e. The van der Waals surface area contributed by atoms with Gasteiger partial charge in [0, 0.05) is 0 Å². The Morgan fingerprint density at radius 1 is 0.604 bits per heavy atom. The molecule has 2 rings (SSSR count). The van der Waals surface area contributed by atoms with Crippen LogP contribution in [0.5, 0.6) is 0 Å². The Bertz CT molecular complexity index is 1200. The standard InChI is InChI=1S/C18H32N2O5S.C18H31NO5S.2Fm/c1-10(2)8-12(13(16(22)20-25)11-6-7-26-9-11)15(21)19-14(17(23)24)18(3,4)5;1-10(2)8-12(13(16(21)22)11-6-7-25-9-11)15(20)19-14(17(23)24)18(3,4)5;;/h10-14,25H,6-9H2,1-5H3,(H,19,21)(H,20,22)(H,23,24);10-14H,6-9H2,1-5H3,(H,19,20)(H,21,22)(H,23,24);;. The van der Waals surface area contributed by atoms with E-state index in [1.807, 2.05) is 27.7 Å². The fraction of sp³-hybridized carbons (Fsp3) is 0.833. The molecule has 2 heterocycles. The van der Waals surface area contributed by atoms with Gasteiger partial charge in [-0.2, -0.15) is 23.5 Å². The Kier molecular flexibility index (Phi) is 20.9. The number of aliphatic carboxylic acids is 3. The number of rotatable bonds is 16. The molecule has 8 unspecified atom stereocenters. The topological polar surface area (TPSA) is 219 Å². The van der Waals surface area contributed by atoms with Gasteiger partial charge in [0.15, 0.2) is 0 Å². The number of thioether (sulfide) groups is 2. The van der Waals surface area contributed by atoms with Gasteiger partial charge in [-0.1, -0.05) is 69.2 Å². The van der Waals surface area contributed by atoms with E-state index in [-0.39, 0.29) is 23.7 Å². The van der Waals surface area contributed by atoms with Crippen molar-refractivity contribution in [2.75, 3.05) is 23.0 Å². The van der Waals surface area contributed by atoms with E-state index in [0.717, 1.165) is 35.9 Å². The van der Waals surface area contributed by atoms with Gasteiger partial charge in [-0.05, 0) is 83.2 Å². The Morgan fingerprint density at radius 3 is 1.19 bits per heavy atom. The first kappa shape index (κ1) is 50.6. The smallest absolute Gasteiger partial charge is 0.326 e. The first-order valence-corrected chi connectivity index (χ1v) is 20.1. The van der Waals surface area contributed by atoms with Crippen molar-refractivity contribution in [2.45, 2.75) is 107 Å². The van der Waals surface area contributed by atoms with E-state index in [1.165, 1.54) is 0 Å². The Morgan fingerprint density at radius 2 is 0.943 bits per heavy atom. The van der Waals surface area contributed by atoms with Gasteiger partial charge in [0.2, 0.25) is 17.7 Å². The van der Waals surface area contributed by atoms with Gasteiger partial charge in [-0.25, -0.2) is 15.1 Å². The summed E-state index contributed by atoms with van der Waals surface area (Å²) in [5, 5.41) is 43.1. The molecule has 13 nitrogen and oxygen atoms in total. The molecule has 0 aromatic rings. The molecule has 53 heavy (non-hydrogen) atoms. The zero-order valence-electron chi connectivity index (χ0n) is 32.6. The van der Waals surface area contributed by atoms with Crippen LogP contribution in [0.3, 0.4) is 0 Å². The fourth-order valence-electron chi connectivity index (χ4n) is 6.82. The Labute approximate surface area is 312 Å². The zero-order valence-corrected chi connectivity index (χ0v) is 39.0. The normalized spacial score (nSPS) is 20.5. The molecule has 0 aromatic carbocycles. The molecule has 3 amide bonds. The fourth-order valence-corrected chi connectivity index (χ4v) is 9.44. The minimum Gasteiger partial charge on any atom is -0.481 e. The van der Waals surface area contributed by atoms with E-state index in [4.69, 9.17) is 0 Å². The van der Waals surface area contributed by atoms with Gasteiger partial charge in [0.25, 0.3) is 0 Å². The van der Waals surface area contributed by atoms with Crippen LogP contribution >= 0.6 is 23.5 Å². The van der Waals surface area contributed by atoms with E-state index in [1.54, 1.807) is 70.5 Å². The van der Waals surface area contributed by atoms with Crippen LogP contribution in [0, 0.1) is 58.2 Å². The van der Waals surface area contributed by atoms with Crippen LogP contribution in [0.25, 0.3) is 0 Å². The molecule has 0 aromatic heterocycles. The number of hydrogen-bond acceptors (Lipinski definition) is 9. The van der Waals surface area contributed by atoms with Crippen LogP contribution in [0.2, 0.25) is 0 Å². The second kappa shape index (κ2) is 21.9. The quantitative estimate of drug-likeness (QED) is 0.0815. The van der Waals surface area contributed by atoms with Gasteiger partial charge in [-0.3, -0.25) is 24.4 Å². The third-order valence-corrected chi connectivity index (χ3v) is 11.8. The van der Waals surface area contributed by atoms with Crippen molar-refractivity contribution in [1.29, 1.82) is 0 Å². The summed E-state index contributed by atoms with van der Waals surface area (Å²) >= 11 is 3.43. The molecular formula is C36H63Fm2N3O10S2. The predicted octanol–water partition coefficient (Wildman–Crippen LogP) is 4.86. The third-order valence-electron chi connectivity index (χ3n) is 9.43. The Hall–Kier alpha value is -4.52. The van der Waals surface area contributed by atoms with Gasteiger partial charge in [0.05, 0.1) is 23.7 Å². The van der Waals surface area contributed by atoms with E-state index in [0.29, 0.717) is 12.8 Å². The van der Waals surface area contributed by atoms with Crippen molar-refractivity contribution in [3.8, 4) is 0 Å². The van der Waals surface area contributed by atoms with Crippen LogP contribution in [0.15, 0.2) is 0 Å². The van der Waals surface area contributed by atoms with Crippen molar-refractivity contribution < 1.29 is 49.3 Å². The van der Waals surface area contributed by atoms with Crippen LogP contribution in [0.1, 0.15) is 94.9 Å². The molecule has 2 aliphatic heterocycles. The van der Waals surface area contributed by atoms with Crippen LogP contribution in [-0.4, -0.2) is 91.3 Å². The molecule has 0 saturated carbocycles. The summed E-state index contributed by atoms with van der Waals surface area (Å²) in [6, 6.07) is -2.11. The number of hydrogen-bond donors (Lipinski definition) is 7. The maximum absolute atomic E-state index is 13.0. The van der Waals surface area contributed by atoms with Gasteiger partial charge in [0.1, 0.15) is 12.1 Å². The van der Waals surface area contributed by atoms with Gasteiger partial charge >= 0.3 is 17.9 Å². The molecule has 0 radical (unpaired) electrons. The van der Waals surface area contributed by atoms with Crippen LogP contribution in [-0.2, 0) is 28.8 Å². The average Bonchev–Trinajstić information content (AvgIpc) is 3.71. The third kappa shape index (κ3) is 15.5. The molecule has 2 aliphatic rings. The van der Waals surface area contributed by atoms with Crippen molar-refractivity contribution in [3.05, 3.63) is 0 Å². The zero-order chi connectivity index (χ0) is 39.4. The average molecular weight is 1280 g/mol. The summed E-state index contributed by atoms with van der Waals surface area (Å²) in [6.45, 7) is 18.3. The molecular weight excluding hydrogens is 1210 g/mol. The van der Waals surface area contributed by atoms with Crippen LogP contribution in [0.4, 0.5) is 0 Å². The minimum atomic E-state index is -1.10. The molecule has 318 valence electrons. The van der Waals surface area contributed by atoms with Crippen molar-refractivity contribution in [2.24, 2.45) is 58.2 Å². The number of hydroxylamine groups is 1. The summed E-state index contributed by atoms with van der Waals surface area (Å²) in [6.07, 6.45) is 2.46. The summed E-state index contributed by atoms with van der Waals surface area (Å²) in [7, 11) is 0. The summed E-state index contributed by atoms with van der Waals surface area (Å²) in [5.41, 5.74) is 0.387. The van der Waals surface area contributed by atoms with Crippen molar-refractivity contribution >= 4 is 59.2 Å². The van der Waals surface area contributed by atoms with E-state index < -0.39 is 82.2 Å². The second-order valence-corrected chi connectivity index (χ2v) is 19.2. The number of carbonyl (C=O) groups excluding carboxylic acids is 3. The number of amides is 3. The SMILES string of the molecule is CC(C)CC(C(=O)NC(C(=O)O)C(C)(C)C)C(C(=O)NO)C1CCSC1.CC(C)CC(C(=O)NC(C(=O)O)C(C)(C)C)C(C(=O)O)C1CCSC1.[Fm].[Fm]. The number of carbonyl (C=O) groups is 6. The maximum Gasteiger partial charge on any atom is 0.326 e. The summed E-state index contributed by atoms with van der Waals surface area (Å²) in [5.74, 6) is -3.95. The van der Waals surface area contributed by atoms with Crippen molar-refractivity contribution in [1.82, 2.24) is 16.1 Å². The van der Waals surface area contributed by atoms with Gasteiger partial charge < -0.3 is 26.0 Å². The van der Waals surface area contributed by atoms with E-state index in [2.05, 4.69) is 10.6 Å². The van der Waals surface area contributed by atoms with E-state index in [9.17, 15) is 49.3 Å². The Balaban J connectivity index is 0. The van der Waals surface area contributed by atoms with Crippen LogP contribution < -0.4 is 16.1 Å². The number of carboxylic acids is 3. The molecule has 2 fully saturated rings. The molecule has 0 aliphatic carbocycles. The molecule has 7 N–H and O–H groups in total. The molecule has 0 spiro atoms. The summed E-state index contributed by atoms with van der Waals surface area (Å²) in [4.78, 5) is 73.4. The number of carboxylic acid groups (broad SMARTS) is 3. The molecule has 17 heteroatoms. The first-order chi connectivity index (χ1) is 23.4. The van der Waals surface area contributed by atoms with E-state index >= 15 is 0 Å². The molecule has 2 saturated heterocycles. The molecule has 8 atom stereocenters. The maximum atomic E-state index is 13.0. The molecule has 0 bridgehead atoms. The first-order valence-electron chi connectivity index (χ1n) is 17.8.